The Morgan fingerprint density at radius 1 is 1.04 bits per heavy atom. The summed E-state index contributed by atoms with van der Waals surface area (Å²) in [4.78, 5) is 38.1. The monoisotopic (exact) mass is 306 g/mol. The summed E-state index contributed by atoms with van der Waals surface area (Å²) in [6.45, 7) is -0.125. The Labute approximate surface area is 133 Å². The van der Waals surface area contributed by atoms with Gasteiger partial charge in [-0.2, -0.15) is 0 Å². The van der Waals surface area contributed by atoms with Gasteiger partial charge in [0, 0.05) is 5.69 Å². The van der Waals surface area contributed by atoms with E-state index in [9.17, 15) is 14.4 Å². The first-order chi connectivity index (χ1) is 11.0. The normalized spacial score (nSPS) is 14.4. The second-order valence-corrected chi connectivity index (χ2v) is 5.05. The van der Waals surface area contributed by atoms with E-state index in [1.807, 2.05) is 0 Å². The van der Waals surface area contributed by atoms with Crippen molar-refractivity contribution in [3.8, 4) is 0 Å². The van der Waals surface area contributed by atoms with Crippen LogP contribution in [0.3, 0.4) is 0 Å². The van der Waals surface area contributed by atoms with Crippen LogP contribution >= 0.6 is 0 Å². The average molecular weight is 306 g/mol. The number of urea groups is 1. The number of hydrogen-bond acceptors (Lipinski definition) is 3. The van der Waals surface area contributed by atoms with Crippen molar-refractivity contribution in [2.45, 2.75) is 0 Å². The van der Waals surface area contributed by atoms with Gasteiger partial charge in [-0.1, -0.05) is 23.7 Å². The number of nitrogens with zero attached hydrogens (tertiary/aromatic N) is 2. The number of carbonyl (C=O) groups is 3. The van der Waals surface area contributed by atoms with Crippen LogP contribution in [0.5, 0.6) is 0 Å². The summed E-state index contributed by atoms with van der Waals surface area (Å²) in [5, 5.41) is 9.03. The molecule has 0 bridgehead atoms. The lowest BCUT2D eigenvalue weighted by atomic mass is 9.96. The van der Waals surface area contributed by atoms with Gasteiger partial charge in [0.05, 0.1) is 11.3 Å². The van der Waals surface area contributed by atoms with Crippen LogP contribution < -0.4 is 15.3 Å². The van der Waals surface area contributed by atoms with Gasteiger partial charge in [-0.3, -0.25) is 9.69 Å². The number of carboxylic acid groups (broad SMARTS) is 1. The molecule has 1 saturated heterocycles. The molecule has 2 radical (unpaired) electrons. The average Bonchev–Trinajstić information content (AvgIpc) is 2.82. The number of carboxylic acids is 1. The largest absolute Gasteiger partial charge is 0.478 e. The topological polar surface area (TPSA) is 77.9 Å². The van der Waals surface area contributed by atoms with Gasteiger partial charge in [-0.15, -0.1) is 0 Å². The highest BCUT2D eigenvalue weighted by atomic mass is 16.4. The lowest BCUT2D eigenvalue weighted by Gasteiger charge is -2.17. The number of hydrogen-bond donors (Lipinski definition) is 1. The van der Waals surface area contributed by atoms with Crippen LogP contribution in [0.2, 0.25) is 0 Å². The Morgan fingerprint density at radius 2 is 1.74 bits per heavy atom. The smallest absolute Gasteiger partial charge is 0.336 e. The van der Waals surface area contributed by atoms with Crippen LogP contribution in [0.4, 0.5) is 16.2 Å². The minimum absolute atomic E-state index is 0.00510. The number of imide groups is 1. The molecular weight excluding hydrogens is 295 g/mol. The van der Waals surface area contributed by atoms with Crippen LogP contribution in [0.25, 0.3) is 0 Å². The minimum atomic E-state index is -1.13. The van der Waals surface area contributed by atoms with Gasteiger partial charge >= 0.3 is 12.0 Å². The number of amides is 3. The molecule has 112 valence electrons. The maximum Gasteiger partial charge on any atom is 0.336 e. The van der Waals surface area contributed by atoms with Gasteiger partial charge in [-0.05, 0) is 30.3 Å². The standard InChI is InChI=1S/C16H11BN2O4/c17-11-4-2-5-12(8-11)18-9-14(20)19(16(18)23)13-6-1-3-10(7-13)15(21)22/h1-8H,9H2,(H,21,22). The highest BCUT2D eigenvalue weighted by molar-refractivity contribution is 6.33. The highest BCUT2D eigenvalue weighted by Gasteiger charge is 2.38. The van der Waals surface area contributed by atoms with Crippen molar-refractivity contribution < 1.29 is 19.5 Å². The summed E-state index contributed by atoms with van der Waals surface area (Å²) < 4.78 is 0. The van der Waals surface area contributed by atoms with Gasteiger partial charge in [0.1, 0.15) is 14.4 Å². The molecule has 2 aromatic rings. The van der Waals surface area contributed by atoms with Gasteiger partial charge in [0.2, 0.25) is 0 Å². The first-order valence-electron chi connectivity index (χ1n) is 6.81. The Kier molecular flexibility index (Phi) is 3.61. The molecule has 0 atom stereocenters. The molecule has 23 heavy (non-hydrogen) atoms. The van der Waals surface area contributed by atoms with E-state index >= 15 is 0 Å². The maximum absolute atomic E-state index is 12.6. The van der Waals surface area contributed by atoms with Crippen molar-refractivity contribution in [1.29, 1.82) is 0 Å². The minimum Gasteiger partial charge on any atom is -0.478 e. The number of anilines is 2. The Bertz CT molecular complexity index is 821. The van der Waals surface area contributed by atoms with Crippen molar-refractivity contribution in [3.05, 3.63) is 54.1 Å². The molecule has 1 heterocycles. The number of benzene rings is 2. The van der Waals surface area contributed by atoms with E-state index in [0.717, 1.165) is 4.90 Å². The zero-order valence-electron chi connectivity index (χ0n) is 12.0. The fourth-order valence-corrected chi connectivity index (χ4v) is 2.43. The molecular formula is C16H11BN2O4. The highest BCUT2D eigenvalue weighted by Crippen LogP contribution is 2.26. The lowest BCUT2D eigenvalue weighted by Crippen LogP contribution is -2.33. The third-order valence-corrected chi connectivity index (χ3v) is 3.50. The van der Waals surface area contributed by atoms with Gasteiger partial charge in [0.25, 0.3) is 5.91 Å². The molecule has 1 fully saturated rings. The molecule has 0 aliphatic carbocycles. The van der Waals surface area contributed by atoms with E-state index in [2.05, 4.69) is 0 Å². The van der Waals surface area contributed by atoms with Gasteiger partial charge in [-0.25, -0.2) is 14.5 Å². The quantitative estimate of drug-likeness (QED) is 0.681. The van der Waals surface area contributed by atoms with E-state index in [4.69, 9.17) is 13.0 Å². The molecule has 3 amide bonds. The van der Waals surface area contributed by atoms with E-state index in [1.165, 1.54) is 29.2 Å². The van der Waals surface area contributed by atoms with E-state index < -0.39 is 17.9 Å². The second-order valence-electron chi connectivity index (χ2n) is 5.05. The molecule has 0 aromatic heterocycles. The summed E-state index contributed by atoms with van der Waals surface area (Å²) >= 11 is 0. The zero-order valence-corrected chi connectivity index (χ0v) is 12.0. The number of aromatic carboxylic acids is 1. The molecule has 1 aliphatic rings. The van der Waals surface area contributed by atoms with E-state index in [0.29, 0.717) is 11.2 Å². The summed E-state index contributed by atoms with van der Waals surface area (Å²) in [5.74, 6) is -1.56. The summed E-state index contributed by atoms with van der Waals surface area (Å²) in [6.07, 6.45) is 0. The van der Waals surface area contributed by atoms with Crippen LogP contribution in [0, 0.1) is 0 Å². The number of rotatable bonds is 3. The van der Waals surface area contributed by atoms with Crippen molar-refractivity contribution >= 4 is 42.6 Å². The maximum atomic E-state index is 12.6. The van der Waals surface area contributed by atoms with E-state index in [1.54, 1.807) is 24.3 Å². The lowest BCUT2D eigenvalue weighted by molar-refractivity contribution is -0.115. The zero-order chi connectivity index (χ0) is 16.6. The van der Waals surface area contributed by atoms with Crippen LogP contribution in [-0.4, -0.2) is 37.4 Å². The Morgan fingerprint density at radius 3 is 2.43 bits per heavy atom. The first-order valence-corrected chi connectivity index (χ1v) is 6.81. The van der Waals surface area contributed by atoms with Crippen LogP contribution in [0.15, 0.2) is 48.5 Å². The third kappa shape index (κ3) is 2.68. The Balaban J connectivity index is 1.96. The van der Waals surface area contributed by atoms with Crippen LogP contribution in [-0.2, 0) is 4.79 Å². The fourth-order valence-electron chi connectivity index (χ4n) is 2.43. The van der Waals surface area contributed by atoms with Gasteiger partial charge < -0.3 is 5.11 Å². The molecule has 0 spiro atoms. The predicted molar refractivity (Wildman–Crippen MR) is 85.5 cm³/mol. The van der Waals surface area contributed by atoms with Gasteiger partial charge in [0.15, 0.2) is 0 Å². The van der Waals surface area contributed by atoms with Crippen molar-refractivity contribution in [3.63, 3.8) is 0 Å². The third-order valence-electron chi connectivity index (χ3n) is 3.50. The fraction of sp³-hybridized carbons (Fsp3) is 0.0625. The molecule has 3 rings (SSSR count). The molecule has 0 saturated carbocycles. The molecule has 1 N–H and O–H groups in total. The first kappa shape index (κ1) is 14.8. The number of carbonyl (C=O) groups excluding carboxylic acids is 2. The second kappa shape index (κ2) is 5.60. The van der Waals surface area contributed by atoms with Crippen LogP contribution in [0.1, 0.15) is 10.4 Å². The van der Waals surface area contributed by atoms with Crippen molar-refractivity contribution in [2.75, 3.05) is 16.3 Å². The van der Waals surface area contributed by atoms with Crippen molar-refractivity contribution in [2.24, 2.45) is 0 Å². The molecule has 2 aromatic carbocycles. The predicted octanol–water partition coefficient (Wildman–Crippen LogP) is 1.15. The summed E-state index contributed by atoms with van der Waals surface area (Å²) in [6, 6.07) is 11.8. The summed E-state index contributed by atoms with van der Waals surface area (Å²) in [7, 11) is 5.70. The van der Waals surface area contributed by atoms with E-state index in [-0.39, 0.29) is 17.8 Å². The molecule has 0 unspecified atom stereocenters. The van der Waals surface area contributed by atoms with Crippen molar-refractivity contribution in [1.82, 2.24) is 0 Å². The Hall–Kier alpha value is -3.09. The molecule has 7 heteroatoms. The molecule has 6 nitrogen and oxygen atoms in total. The summed E-state index contributed by atoms with van der Waals surface area (Å²) in [5.41, 5.74) is 1.23. The SMILES string of the molecule is [B]c1cccc(N2CC(=O)N(c3cccc(C(=O)O)c3)C2=O)c1. The molecule has 1 aliphatic heterocycles.